The maximum atomic E-state index is 12.4. The van der Waals surface area contributed by atoms with Gasteiger partial charge in [0, 0.05) is 31.6 Å². The molecule has 1 N–H and O–H groups in total. The summed E-state index contributed by atoms with van der Waals surface area (Å²) in [4.78, 5) is 14.6. The smallest absolute Gasteiger partial charge is 0.223 e. The third kappa shape index (κ3) is 3.14. The van der Waals surface area contributed by atoms with Crippen LogP contribution in [0.2, 0.25) is 0 Å². The Kier molecular flexibility index (Phi) is 4.81. The first-order chi connectivity index (χ1) is 8.74. The van der Waals surface area contributed by atoms with E-state index < -0.39 is 0 Å². The molecule has 0 bridgehead atoms. The molecule has 3 unspecified atom stereocenters. The molecular weight excluding hydrogens is 224 g/mol. The largest absolute Gasteiger partial charge is 0.337 e. The molecule has 3 nitrogen and oxygen atoms in total. The van der Waals surface area contributed by atoms with Crippen molar-refractivity contribution in [1.82, 2.24) is 10.2 Å². The van der Waals surface area contributed by atoms with Gasteiger partial charge in [-0.3, -0.25) is 4.79 Å². The van der Waals surface area contributed by atoms with Crippen LogP contribution >= 0.6 is 0 Å². The normalized spacial score (nSPS) is 31.9. The second kappa shape index (κ2) is 6.37. The summed E-state index contributed by atoms with van der Waals surface area (Å²) in [6.07, 6.45) is 9.60. The third-order valence-corrected chi connectivity index (χ3v) is 4.33. The molecule has 3 heteroatoms. The summed E-state index contributed by atoms with van der Waals surface area (Å²) in [6.45, 7) is 6.21. The molecule has 1 saturated heterocycles. The van der Waals surface area contributed by atoms with Crippen molar-refractivity contribution >= 4 is 5.91 Å². The van der Waals surface area contributed by atoms with Gasteiger partial charge in [0.1, 0.15) is 0 Å². The number of hydrogen-bond acceptors (Lipinski definition) is 2. The summed E-state index contributed by atoms with van der Waals surface area (Å²) in [5, 5.41) is 3.54. The Morgan fingerprint density at radius 3 is 2.83 bits per heavy atom. The van der Waals surface area contributed by atoms with Crippen LogP contribution in [-0.4, -0.2) is 36.0 Å². The zero-order valence-electron chi connectivity index (χ0n) is 11.7. The summed E-state index contributed by atoms with van der Waals surface area (Å²) >= 11 is 0. The minimum Gasteiger partial charge on any atom is -0.337 e. The standard InChI is InChI=1S/C15H26N2O/c1-3-13-11-17(14(4-2)10-16-13)15(18)9-12-7-5-6-8-12/h5,7,12-14,16H,3-4,6,8-11H2,1-2H3. The van der Waals surface area contributed by atoms with Crippen LogP contribution in [0.1, 0.15) is 46.0 Å². The molecule has 1 aliphatic carbocycles. The van der Waals surface area contributed by atoms with Crippen molar-refractivity contribution in [2.75, 3.05) is 13.1 Å². The van der Waals surface area contributed by atoms with E-state index in [2.05, 4.69) is 36.2 Å². The molecule has 1 aliphatic heterocycles. The van der Waals surface area contributed by atoms with Crippen molar-refractivity contribution in [1.29, 1.82) is 0 Å². The van der Waals surface area contributed by atoms with Gasteiger partial charge in [-0.25, -0.2) is 0 Å². The molecule has 0 saturated carbocycles. The van der Waals surface area contributed by atoms with Crippen LogP contribution in [0.4, 0.5) is 0 Å². The summed E-state index contributed by atoms with van der Waals surface area (Å²) in [5.74, 6) is 0.850. The topological polar surface area (TPSA) is 32.3 Å². The van der Waals surface area contributed by atoms with Crippen LogP contribution in [-0.2, 0) is 4.79 Å². The van der Waals surface area contributed by atoms with E-state index in [1.54, 1.807) is 0 Å². The van der Waals surface area contributed by atoms with E-state index in [4.69, 9.17) is 0 Å². The molecule has 18 heavy (non-hydrogen) atoms. The number of rotatable bonds is 4. The molecule has 2 aliphatic rings. The summed E-state index contributed by atoms with van der Waals surface area (Å²) < 4.78 is 0. The fraction of sp³-hybridized carbons (Fsp3) is 0.800. The highest BCUT2D eigenvalue weighted by atomic mass is 16.2. The maximum Gasteiger partial charge on any atom is 0.223 e. The average molecular weight is 250 g/mol. The van der Waals surface area contributed by atoms with Crippen LogP contribution in [0.25, 0.3) is 0 Å². The molecule has 0 radical (unpaired) electrons. The van der Waals surface area contributed by atoms with E-state index in [1.807, 2.05) is 0 Å². The van der Waals surface area contributed by atoms with Crippen LogP contribution in [0.5, 0.6) is 0 Å². The van der Waals surface area contributed by atoms with Crippen molar-refractivity contribution in [2.24, 2.45) is 5.92 Å². The highest BCUT2D eigenvalue weighted by Crippen LogP contribution is 2.23. The van der Waals surface area contributed by atoms with Crippen molar-refractivity contribution in [3.63, 3.8) is 0 Å². The molecule has 1 fully saturated rings. The minimum absolute atomic E-state index is 0.360. The van der Waals surface area contributed by atoms with Crippen LogP contribution < -0.4 is 5.32 Å². The van der Waals surface area contributed by atoms with Crippen molar-refractivity contribution in [3.8, 4) is 0 Å². The fourth-order valence-corrected chi connectivity index (χ4v) is 3.01. The number of amides is 1. The number of hydrogen-bond donors (Lipinski definition) is 1. The number of carbonyl (C=O) groups excluding carboxylic acids is 1. The molecule has 1 heterocycles. The average Bonchev–Trinajstić information content (AvgIpc) is 2.90. The first-order valence-electron chi connectivity index (χ1n) is 7.44. The lowest BCUT2D eigenvalue weighted by atomic mass is 10.0. The lowest BCUT2D eigenvalue weighted by Crippen LogP contribution is -2.58. The third-order valence-electron chi connectivity index (χ3n) is 4.33. The summed E-state index contributed by atoms with van der Waals surface area (Å²) in [7, 11) is 0. The predicted octanol–water partition coefficient (Wildman–Crippen LogP) is 2.33. The monoisotopic (exact) mass is 250 g/mol. The Labute approximate surface area is 111 Å². The number of allylic oxidation sites excluding steroid dienone is 2. The summed E-state index contributed by atoms with van der Waals surface area (Å²) in [6, 6.07) is 0.876. The van der Waals surface area contributed by atoms with Gasteiger partial charge in [0.25, 0.3) is 0 Å². The fourth-order valence-electron chi connectivity index (χ4n) is 3.01. The van der Waals surface area contributed by atoms with Gasteiger partial charge in [-0.1, -0.05) is 26.0 Å². The highest BCUT2D eigenvalue weighted by molar-refractivity contribution is 5.77. The quantitative estimate of drug-likeness (QED) is 0.777. The first-order valence-corrected chi connectivity index (χ1v) is 7.44. The Morgan fingerprint density at radius 2 is 2.22 bits per heavy atom. The van der Waals surface area contributed by atoms with E-state index in [-0.39, 0.29) is 0 Å². The van der Waals surface area contributed by atoms with E-state index >= 15 is 0 Å². The first kappa shape index (κ1) is 13.6. The minimum atomic E-state index is 0.360. The Balaban J connectivity index is 1.93. The molecule has 0 spiro atoms. The lowest BCUT2D eigenvalue weighted by Gasteiger charge is -2.40. The zero-order valence-corrected chi connectivity index (χ0v) is 11.7. The zero-order chi connectivity index (χ0) is 13.0. The van der Waals surface area contributed by atoms with Gasteiger partial charge >= 0.3 is 0 Å². The second-order valence-corrected chi connectivity index (χ2v) is 5.59. The summed E-state index contributed by atoms with van der Waals surface area (Å²) in [5.41, 5.74) is 0. The van der Waals surface area contributed by atoms with E-state index in [9.17, 15) is 4.79 Å². The Bertz CT molecular complexity index is 314. The lowest BCUT2D eigenvalue weighted by molar-refractivity contribution is -0.136. The van der Waals surface area contributed by atoms with Gasteiger partial charge in [0.15, 0.2) is 0 Å². The van der Waals surface area contributed by atoms with Crippen LogP contribution in [0.3, 0.4) is 0 Å². The number of piperazine rings is 1. The van der Waals surface area contributed by atoms with Gasteiger partial charge in [0.2, 0.25) is 5.91 Å². The number of carbonyl (C=O) groups is 1. The van der Waals surface area contributed by atoms with Gasteiger partial charge in [0.05, 0.1) is 0 Å². The van der Waals surface area contributed by atoms with Gasteiger partial charge in [-0.05, 0) is 31.6 Å². The van der Waals surface area contributed by atoms with Crippen molar-refractivity contribution < 1.29 is 4.79 Å². The van der Waals surface area contributed by atoms with E-state index in [0.717, 1.165) is 38.8 Å². The Morgan fingerprint density at radius 1 is 1.39 bits per heavy atom. The molecule has 2 rings (SSSR count). The molecule has 0 aromatic rings. The van der Waals surface area contributed by atoms with Gasteiger partial charge in [-0.2, -0.15) is 0 Å². The predicted molar refractivity (Wildman–Crippen MR) is 74.4 cm³/mol. The highest BCUT2D eigenvalue weighted by Gasteiger charge is 2.30. The molecule has 0 aromatic heterocycles. The second-order valence-electron chi connectivity index (χ2n) is 5.59. The van der Waals surface area contributed by atoms with Crippen LogP contribution in [0, 0.1) is 5.92 Å². The Hall–Kier alpha value is -0.830. The SMILES string of the molecule is CCC1CN(C(=O)CC2C=CCC2)C(CC)CN1. The number of nitrogens with zero attached hydrogens (tertiary/aromatic N) is 1. The van der Waals surface area contributed by atoms with Crippen molar-refractivity contribution in [2.45, 2.75) is 58.0 Å². The molecule has 0 aromatic carbocycles. The van der Waals surface area contributed by atoms with Gasteiger partial charge < -0.3 is 10.2 Å². The van der Waals surface area contributed by atoms with E-state index in [0.29, 0.717) is 30.3 Å². The van der Waals surface area contributed by atoms with Crippen LogP contribution in [0.15, 0.2) is 12.2 Å². The molecule has 1 amide bonds. The van der Waals surface area contributed by atoms with Gasteiger partial charge in [-0.15, -0.1) is 0 Å². The number of nitrogens with one attached hydrogen (secondary N) is 1. The molecule has 102 valence electrons. The van der Waals surface area contributed by atoms with Crippen molar-refractivity contribution in [3.05, 3.63) is 12.2 Å². The maximum absolute atomic E-state index is 12.4. The molecule has 3 atom stereocenters. The van der Waals surface area contributed by atoms with E-state index in [1.165, 1.54) is 0 Å². The molecular formula is C15H26N2O.